The molecule has 4 rings (SSSR count). The maximum absolute atomic E-state index is 14.5. The number of nitrogens with one attached hydrogen (secondary N) is 1. The third-order valence-electron chi connectivity index (χ3n) is 4.85. The van der Waals surface area contributed by atoms with Crippen LogP contribution in [-0.2, 0) is 23.0 Å². The first-order valence-corrected chi connectivity index (χ1v) is 10.6. The van der Waals surface area contributed by atoms with E-state index >= 15 is 0 Å². The second-order valence-corrected chi connectivity index (χ2v) is 8.58. The van der Waals surface area contributed by atoms with E-state index in [0.717, 1.165) is 31.4 Å². The van der Waals surface area contributed by atoms with Gasteiger partial charge in [-0.3, -0.25) is 4.72 Å². The molecule has 1 N–H and O–H groups in total. The number of fused-ring (bicyclic) bond motifs is 1. The van der Waals surface area contributed by atoms with Gasteiger partial charge in [-0.05, 0) is 37.1 Å². The molecule has 1 aliphatic rings. The highest BCUT2D eigenvalue weighted by Crippen LogP contribution is 2.30. The minimum Gasteiger partial charge on any atom is -0.311 e. The van der Waals surface area contributed by atoms with Gasteiger partial charge in [-0.15, -0.1) is 10.2 Å². The highest BCUT2D eigenvalue weighted by molar-refractivity contribution is 7.92. The minimum atomic E-state index is -4.46. The Hall–Kier alpha value is -2.95. The third kappa shape index (κ3) is 3.76. The molecule has 11 heteroatoms. The molecule has 3 aromatic rings. The van der Waals surface area contributed by atoms with Crippen LogP contribution in [0.15, 0.2) is 35.2 Å². The van der Waals surface area contributed by atoms with Gasteiger partial charge in [0.2, 0.25) is 0 Å². The van der Waals surface area contributed by atoms with Crippen LogP contribution < -0.4 is 4.72 Å². The summed E-state index contributed by atoms with van der Waals surface area (Å²) in [5, 5.41) is 8.06. The Morgan fingerprint density at radius 2 is 1.67 bits per heavy atom. The predicted molar refractivity (Wildman–Crippen MR) is 100 cm³/mol. The van der Waals surface area contributed by atoms with Crippen LogP contribution in [0.3, 0.4) is 0 Å². The van der Waals surface area contributed by atoms with Gasteiger partial charge < -0.3 is 4.57 Å². The van der Waals surface area contributed by atoms with Crippen LogP contribution in [0.2, 0.25) is 0 Å². The summed E-state index contributed by atoms with van der Waals surface area (Å²) in [6, 6.07) is 3.46. The first-order chi connectivity index (χ1) is 14.3. The Bertz CT molecular complexity index is 1230. The highest BCUT2D eigenvalue weighted by Gasteiger charge is 2.23. The molecule has 1 aromatic heterocycles. The van der Waals surface area contributed by atoms with Crippen molar-refractivity contribution in [2.24, 2.45) is 0 Å². The second kappa shape index (κ2) is 7.71. The topological polar surface area (TPSA) is 76.9 Å². The van der Waals surface area contributed by atoms with E-state index in [1.807, 2.05) is 4.72 Å². The van der Waals surface area contributed by atoms with Crippen molar-refractivity contribution in [1.82, 2.24) is 14.8 Å². The largest absolute Gasteiger partial charge is 0.311 e. The number of sulfonamides is 1. The maximum atomic E-state index is 14.5. The van der Waals surface area contributed by atoms with Crippen molar-refractivity contribution >= 4 is 15.7 Å². The normalized spacial score (nSPS) is 14.3. The summed E-state index contributed by atoms with van der Waals surface area (Å²) in [6.07, 6.45) is 3.42. The van der Waals surface area contributed by atoms with Gasteiger partial charge in [-0.25, -0.2) is 26.0 Å². The Morgan fingerprint density at radius 3 is 2.43 bits per heavy atom. The molecule has 0 amide bonds. The van der Waals surface area contributed by atoms with E-state index in [2.05, 4.69) is 10.2 Å². The van der Waals surface area contributed by atoms with Crippen LogP contribution in [-0.4, -0.2) is 23.2 Å². The summed E-state index contributed by atoms with van der Waals surface area (Å²) in [6.45, 7) is 0.560. The molecule has 2 aromatic carbocycles. The standard InChI is InChI=1S/C19H16F4N4O2S/c20-13-6-5-11(8-15(13)22)30(28,29)26-17-9-12(14(21)10-16(17)23)19-25-24-18-4-2-1-3-7-27(18)19/h5-6,8-10,26H,1-4,7H2. The molecule has 158 valence electrons. The zero-order valence-electron chi connectivity index (χ0n) is 15.5. The molecule has 0 bridgehead atoms. The van der Waals surface area contributed by atoms with Gasteiger partial charge in [0.15, 0.2) is 17.5 Å². The lowest BCUT2D eigenvalue weighted by molar-refractivity contribution is 0.504. The van der Waals surface area contributed by atoms with E-state index in [4.69, 9.17) is 0 Å². The zero-order chi connectivity index (χ0) is 21.5. The second-order valence-electron chi connectivity index (χ2n) is 6.90. The van der Waals surface area contributed by atoms with Crippen LogP contribution in [0.5, 0.6) is 0 Å². The molecule has 0 unspecified atom stereocenters. The molecule has 0 spiro atoms. The number of benzene rings is 2. The number of aromatic nitrogens is 3. The number of halogens is 4. The van der Waals surface area contributed by atoms with Gasteiger partial charge in [0.25, 0.3) is 10.0 Å². The van der Waals surface area contributed by atoms with Crippen LogP contribution in [0.1, 0.15) is 25.1 Å². The maximum Gasteiger partial charge on any atom is 0.262 e. The first-order valence-electron chi connectivity index (χ1n) is 9.15. The summed E-state index contributed by atoms with van der Waals surface area (Å²) in [5.41, 5.74) is -0.679. The average Bonchev–Trinajstić information content (AvgIpc) is 2.93. The molecule has 1 aliphatic heterocycles. The molecular formula is C19H16F4N4O2S. The molecule has 0 saturated heterocycles. The third-order valence-corrected chi connectivity index (χ3v) is 6.22. The molecule has 2 heterocycles. The van der Waals surface area contributed by atoms with Crippen LogP contribution in [0.25, 0.3) is 11.4 Å². The summed E-state index contributed by atoms with van der Waals surface area (Å²) in [7, 11) is -4.46. The fourth-order valence-corrected chi connectivity index (χ4v) is 4.40. The lowest BCUT2D eigenvalue weighted by Crippen LogP contribution is -2.15. The van der Waals surface area contributed by atoms with Crippen molar-refractivity contribution in [2.45, 2.75) is 37.1 Å². The predicted octanol–water partition coefficient (Wildman–Crippen LogP) is 4.03. The number of aryl methyl sites for hydroxylation is 1. The minimum absolute atomic E-state index is 0.125. The summed E-state index contributed by atoms with van der Waals surface area (Å²) < 4.78 is 84.0. The molecular weight excluding hydrogens is 424 g/mol. The highest BCUT2D eigenvalue weighted by atomic mass is 32.2. The number of hydrogen-bond donors (Lipinski definition) is 1. The van der Waals surface area contributed by atoms with Gasteiger partial charge >= 0.3 is 0 Å². The van der Waals surface area contributed by atoms with E-state index in [0.29, 0.717) is 37.0 Å². The SMILES string of the molecule is O=S(=O)(Nc1cc(-c2nnc3n2CCCCC3)c(F)cc1F)c1ccc(F)c(F)c1. The van der Waals surface area contributed by atoms with Crippen molar-refractivity contribution in [1.29, 1.82) is 0 Å². The van der Waals surface area contributed by atoms with Crippen molar-refractivity contribution in [3.8, 4) is 11.4 Å². The molecule has 0 fully saturated rings. The van der Waals surface area contributed by atoms with Crippen molar-refractivity contribution < 1.29 is 26.0 Å². The number of anilines is 1. The Morgan fingerprint density at radius 1 is 0.867 bits per heavy atom. The monoisotopic (exact) mass is 440 g/mol. The Balaban J connectivity index is 1.74. The van der Waals surface area contributed by atoms with E-state index in [-0.39, 0.29) is 11.4 Å². The fourth-order valence-electron chi connectivity index (χ4n) is 3.33. The van der Waals surface area contributed by atoms with Gasteiger partial charge in [0.1, 0.15) is 17.5 Å². The van der Waals surface area contributed by atoms with E-state index in [9.17, 15) is 26.0 Å². The Labute approximate surface area is 169 Å². The summed E-state index contributed by atoms with van der Waals surface area (Å²) in [4.78, 5) is -0.608. The van der Waals surface area contributed by atoms with Gasteiger partial charge in [-0.1, -0.05) is 6.42 Å². The van der Waals surface area contributed by atoms with E-state index < -0.39 is 43.9 Å². The zero-order valence-corrected chi connectivity index (χ0v) is 16.3. The Kier molecular flexibility index (Phi) is 5.22. The van der Waals surface area contributed by atoms with Crippen LogP contribution in [0, 0.1) is 23.3 Å². The van der Waals surface area contributed by atoms with Crippen LogP contribution >= 0.6 is 0 Å². The lowest BCUT2D eigenvalue weighted by Gasteiger charge is -2.13. The lowest BCUT2D eigenvalue weighted by atomic mass is 10.1. The van der Waals surface area contributed by atoms with Crippen LogP contribution in [0.4, 0.5) is 23.2 Å². The smallest absolute Gasteiger partial charge is 0.262 e. The first kappa shape index (κ1) is 20.3. The van der Waals surface area contributed by atoms with Crippen molar-refractivity contribution in [3.63, 3.8) is 0 Å². The average molecular weight is 440 g/mol. The van der Waals surface area contributed by atoms with Gasteiger partial charge in [0, 0.05) is 19.0 Å². The number of nitrogens with zero attached hydrogens (tertiary/aromatic N) is 3. The molecule has 0 radical (unpaired) electrons. The van der Waals surface area contributed by atoms with Gasteiger partial charge in [-0.2, -0.15) is 0 Å². The summed E-state index contributed by atoms with van der Waals surface area (Å²) in [5.74, 6) is -3.85. The van der Waals surface area contributed by atoms with Crippen molar-refractivity contribution in [3.05, 3.63) is 59.4 Å². The quantitative estimate of drug-likeness (QED) is 0.622. The van der Waals surface area contributed by atoms with Crippen molar-refractivity contribution in [2.75, 3.05) is 4.72 Å². The molecule has 30 heavy (non-hydrogen) atoms. The number of hydrogen-bond acceptors (Lipinski definition) is 4. The molecule has 6 nitrogen and oxygen atoms in total. The molecule has 0 saturated carbocycles. The summed E-state index contributed by atoms with van der Waals surface area (Å²) >= 11 is 0. The fraction of sp³-hybridized carbons (Fsp3) is 0.263. The van der Waals surface area contributed by atoms with Gasteiger partial charge in [0.05, 0.1) is 16.1 Å². The molecule has 0 atom stereocenters. The van der Waals surface area contributed by atoms with E-state index in [1.54, 1.807) is 4.57 Å². The van der Waals surface area contributed by atoms with E-state index in [1.165, 1.54) is 0 Å². The molecule has 0 aliphatic carbocycles. The number of rotatable bonds is 4.